The summed E-state index contributed by atoms with van der Waals surface area (Å²) in [7, 11) is 1.80. The number of halogens is 3. The third kappa shape index (κ3) is 4.77. The molecule has 0 saturated carbocycles. The fourth-order valence-electron chi connectivity index (χ4n) is 4.40. The number of hydrogen-bond acceptors (Lipinski definition) is 7. The van der Waals surface area contributed by atoms with Gasteiger partial charge in [-0.05, 0) is 46.3 Å². The molecule has 0 aliphatic carbocycles. The maximum absolute atomic E-state index is 15.3. The molecule has 0 aliphatic rings. The van der Waals surface area contributed by atoms with E-state index in [1.165, 1.54) is 29.2 Å². The number of aryl methyl sites for hydroxylation is 1. The van der Waals surface area contributed by atoms with Crippen LogP contribution < -0.4 is 0 Å². The Morgan fingerprint density at radius 2 is 1.74 bits per heavy atom. The van der Waals surface area contributed by atoms with E-state index in [2.05, 4.69) is 30.9 Å². The Kier molecular flexibility index (Phi) is 6.37. The van der Waals surface area contributed by atoms with Gasteiger partial charge in [-0.15, -0.1) is 10.2 Å². The van der Waals surface area contributed by atoms with Gasteiger partial charge >= 0.3 is 0 Å². The van der Waals surface area contributed by atoms with E-state index < -0.39 is 5.82 Å². The number of hydrogen-bond donors (Lipinski definition) is 0. The van der Waals surface area contributed by atoms with Crippen LogP contribution in [0.4, 0.5) is 8.78 Å². The second kappa shape index (κ2) is 10.1. The van der Waals surface area contributed by atoms with Crippen molar-refractivity contribution in [3.8, 4) is 28.1 Å². The zero-order valence-electron chi connectivity index (χ0n) is 20.4. The third-order valence-corrected chi connectivity index (χ3v) is 6.65. The molecular formula is C26H19ClF2N10. The Hall–Kier alpha value is -4.84. The van der Waals surface area contributed by atoms with Crippen molar-refractivity contribution in [2.45, 2.75) is 12.5 Å². The Morgan fingerprint density at radius 3 is 2.44 bits per heavy atom. The third-order valence-electron chi connectivity index (χ3n) is 6.36. The minimum Gasteiger partial charge on any atom is -0.263 e. The van der Waals surface area contributed by atoms with Crippen molar-refractivity contribution in [1.82, 2.24) is 50.0 Å². The zero-order valence-corrected chi connectivity index (χ0v) is 21.2. The molecule has 0 spiro atoms. The molecule has 0 fully saturated rings. The van der Waals surface area contributed by atoms with E-state index in [9.17, 15) is 4.39 Å². The fourth-order valence-corrected chi connectivity index (χ4v) is 4.55. The number of aromatic nitrogens is 10. The molecule has 2 aromatic carbocycles. The molecule has 194 valence electrons. The normalized spacial score (nSPS) is 12.1. The number of nitrogens with zero attached hydrogens (tertiary/aromatic N) is 10. The van der Waals surface area contributed by atoms with Gasteiger partial charge in [0.15, 0.2) is 5.82 Å². The topological polar surface area (TPSA) is 105 Å². The first-order valence-corrected chi connectivity index (χ1v) is 12.2. The summed E-state index contributed by atoms with van der Waals surface area (Å²) in [5, 5.41) is 23.7. The summed E-state index contributed by atoms with van der Waals surface area (Å²) in [4.78, 5) is 4.69. The van der Waals surface area contributed by atoms with E-state index in [0.717, 1.165) is 16.8 Å². The zero-order chi connectivity index (χ0) is 26.9. The van der Waals surface area contributed by atoms with Crippen LogP contribution in [-0.4, -0.2) is 50.0 Å². The highest BCUT2D eigenvalue weighted by Gasteiger charge is 2.21. The lowest BCUT2D eigenvalue weighted by Gasteiger charge is -2.18. The lowest BCUT2D eigenvalue weighted by Crippen LogP contribution is -2.16. The van der Waals surface area contributed by atoms with Crippen LogP contribution in [0.3, 0.4) is 0 Å². The van der Waals surface area contributed by atoms with Crippen molar-refractivity contribution in [2.24, 2.45) is 7.05 Å². The largest absolute Gasteiger partial charge is 0.263 e. The van der Waals surface area contributed by atoms with Crippen molar-refractivity contribution in [1.29, 1.82) is 0 Å². The van der Waals surface area contributed by atoms with Crippen LogP contribution in [0.5, 0.6) is 0 Å². The Balaban J connectivity index is 1.40. The standard InChI is InChI=1S/C26H19ClF2N10/c1-37-24(13-31-35-37)18-12-33-38(14-18)23(10-16-2-5-19(28)6-3-16)21-8-4-17(11-30-21)25-22(39-15-32-34-36-39)9-7-20(27)26(25)29/h2-9,11-15,23H,10H2,1H3. The highest BCUT2D eigenvalue weighted by atomic mass is 35.5. The van der Waals surface area contributed by atoms with Crippen molar-refractivity contribution in [3.63, 3.8) is 0 Å². The average Bonchev–Trinajstić information content (AvgIpc) is 3.73. The van der Waals surface area contributed by atoms with Gasteiger partial charge in [-0.1, -0.05) is 35.0 Å². The quantitative estimate of drug-likeness (QED) is 0.292. The van der Waals surface area contributed by atoms with E-state index in [4.69, 9.17) is 16.6 Å². The van der Waals surface area contributed by atoms with Crippen molar-refractivity contribution in [3.05, 3.63) is 108 Å². The molecule has 10 nitrogen and oxygen atoms in total. The number of rotatable bonds is 7. The van der Waals surface area contributed by atoms with Crippen LogP contribution in [0, 0.1) is 11.6 Å². The summed E-state index contributed by atoms with van der Waals surface area (Å²) in [6, 6.07) is 12.6. The van der Waals surface area contributed by atoms with Gasteiger partial charge < -0.3 is 0 Å². The van der Waals surface area contributed by atoms with Crippen molar-refractivity contribution < 1.29 is 8.78 Å². The summed E-state index contributed by atoms with van der Waals surface area (Å²) in [6.45, 7) is 0. The second-order valence-corrected chi connectivity index (χ2v) is 9.19. The lowest BCUT2D eigenvalue weighted by atomic mass is 10.0. The van der Waals surface area contributed by atoms with E-state index in [-0.39, 0.29) is 22.4 Å². The smallest absolute Gasteiger partial charge is 0.151 e. The molecule has 6 aromatic rings. The van der Waals surface area contributed by atoms with Gasteiger partial charge in [-0.2, -0.15) is 9.78 Å². The van der Waals surface area contributed by atoms with Gasteiger partial charge in [0.25, 0.3) is 0 Å². The molecule has 4 aromatic heterocycles. The summed E-state index contributed by atoms with van der Waals surface area (Å²) in [5.74, 6) is -0.923. The minimum atomic E-state index is -0.608. The van der Waals surface area contributed by atoms with Gasteiger partial charge in [0.2, 0.25) is 0 Å². The van der Waals surface area contributed by atoms with Crippen LogP contribution in [-0.2, 0) is 13.5 Å². The monoisotopic (exact) mass is 544 g/mol. The highest BCUT2D eigenvalue weighted by molar-refractivity contribution is 6.31. The Bertz CT molecular complexity index is 1730. The first-order valence-electron chi connectivity index (χ1n) is 11.8. The van der Waals surface area contributed by atoms with Gasteiger partial charge in [0, 0.05) is 42.6 Å². The highest BCUT2D eigenvalue weighted by Crippen LogP contribution is 2.34. The maximum atomic E-state index is 15.3. The fraction of sp³-hybridized carbons (Fsp3) is 0.115. The first-order chi connectivity index (χ1) is 19.0. The van der Waals surface area contributed by atoms with Crippen molar-refractivity contribution in [2.75, 3.05) is 0 Å². The SMILES string of the molecule is Cn1nncc1-c1cnn(C(Cc2ccc(F)cc2)c2ccc(-c3c(-n4cnnn4)ccc(Cl)c3F)cn2)c1. The Morgan fingerprint density at radius 1 is 0.897 bits per heavy atom. The molecule has 0 N–H and O–H groups in total. The van der Waals surface area contributed by atoms with E-state index in [0.29, 0.717) is 23.4 Å². The van der Waals surface area contributed by atoms with Crippen LogP contribution in [0.15, 0.2) is 79.6 Å². The van der Waals surface area contributed by atoms with Gasteiger partial charge in [-0.3, -0.25) is 9.67 Å². The Labute approximate surface area is 225 Å². The van der Waals surface area contributed by atoms with E-state index in [1.54, 1.807) is 65.3 Å². The first kappa shape index (κ1) is 24.5. The second-order valence-electron chi connectivity index (χ2n) is 8.78. The molecule has 1 atom stereocenters. The van der Waals surface area contributed by atoms with Crippen LogP contribution in [0.2, 0.25) is 5.02 Å². The van der Waals surface area contributed by atoms with Crippen LogP contribution in [0.25, 0.3) is 28.1 Å². The molecule has 4 heterocycles. The molecule has 0 aliphatic heterocycles. The van der Waals surface area contributed by atoms with Crippen LogP contribution in [0.1, 0.15) is 17.3 Å². The van der Waals surface area contributed by atoms with Gasteiger partial charge in [0.1, 0.15) is 12.1 Å². The molecule has 0 bridgehead atoms. The summed E-state index contributed by atoms with van der Waals surface area (Å²) in [6.07, 6.45) is 8.70. The molecule has 0 saturated heterocycles. The van der Waals surface area contributed by atoms with E-state index in [1.807, 2.05) is 6.20 Å². The molecule has 39 heavy (non-hydrogen) atoms. The van der Waals surface area contributed by atoms with Crippen LogP contribution >= 0.6 is 11.6 Å². The number of benzene rings is 2. The average molecular weight is 545 g/mol. The molecule has 6 rings (SSSR count). The van der Waals surface area contributed by atoms with E-state index >= 15 is 4.39 Å². The molecular weight excluding hydrogens is 526 g/mol. The predicted molar refractivity (Wildman–Crippen MR) is 138 cm³/mol. The van der Waals surface area contributed by atoms with Crippen molar-refractivity contribution >= 4 is 11.6 Å². The summed E-state index contributed by atoms with van der Waals surface area (Å²) >= 11 is 6.11. The summed E-state index contributed by atoms with van der Waals surface area (Å²) < 4.78 is 33.6. The lowest BCUT2D eigenvalue weighted by molar-refractivity contribution is 0.508. The molecule has 0 radical (unpaired) electrons. The summed E-state index contributed by atoms with van der Waals surface area (Å²) in [5.41, 5.74) is 4.33. The molecule has 1 unspecified atom stereocenters. The van der Waals surface area contributed by atoms with Gasteiger partial charge in [-0.25, -0.2) is 13.5 Å². The predicted octanol–water partition coefficient (Wildman–Crippen LogP) is 4.48. The van der Waals surface area contributed by atoms with Gasteiger partial charge in [0.05, 0.1) is 40.5 Å². The maximum Gasteiger partial charge on any atom is 0.151 e. The minimum absolute atomic E-state index is 0.0335. The number of tetrazole rings is 1. The molecule has 13 heteroatoms. The molecule has 0 amide bonds. The number of pyridine rings is 1.